The fourth-order valence-corrected chi connectivity index (χ4v) is 2.37. The van der Waals surface area contributed by atoms with E-state index in [0.29, 0.717) is 22.2 Å². The third kappa shape index (κ3) is 4.63. The number of carbonyl (C=O) groups excluding carboxylic acids is 1. The van der Waals surface area contributed by atoms with Crippen molar-refractivity contribution in [2.45, 2.75) is 12.5 Å². The lowest BCUT2D eigenvalue weighted by atomic mass is 10.1. The van der Waals surface area contributed by atoms with Crippen molar-refractivity contribution in [2.24, 2.45) is 5.73 Å². The summed E-state index contributed by atoms with van der Waals surface area (Å²) in [6, 6.07) is 10.6. The zero-order valence-corrected chi connectivity index (χ0v) is 12.5. The number of benzene rings is 2. The highest BCUT2D eigenvalue weighted by atomic mass is 35.5. The third-order valence-electron chi connectivity index (χ3n) is 2.86. The highest BCUT2D eigenvalue weighted by molar-refractivity contribution is 6.35. The molecule has 4 N–H and O–H groups in total. The summed E-state index contributed by atoms with van der Waals surface area (Å²) in [4.78, 5) is 12.0. The molecule has 0 aliphatic rings. The number of rotatable bonds is 4. The van der Waals surface area contributed by atoms with Gasteiger partial charge in [0.05, 0.1) is 6.04 Å². The number of hydrogen-bond donors (Lipinski definition) is 3. The molecule has 6 heteroatoms. The van der Waals surface area contributed by atoms with Crippen LogP contribution < -0.4 is 11.1 Å². The predicted molar refractivity (Wildman–Crippen MR) is 84.9 cm³/mol. The van der Waals surface area contributed by atoms with Crippen LogP contribution in [0, 0.1) is 0 Å². The normalized spacial score (nSPS) is 12.0. The van der Waals surface area contributed by atoms with Crippen LogP contribution in [0.5, 0.6) is 5.75 Å². The zero-order valence-electron chi connectivity index (χ0n) is 11.0. The van der Waals surface area contributed by atoms with Gasteiger partial charge in [-0.05, 0) is 42.3 Å². The molecule has 0 unspecified atom stereocenters. The van der Waals surface area contributed by atoms with E-state index in [1.54, 1.807) is 42.5 Å². The number of hydrogen-bond acceptors (Lipinski definition) is 3. The minimum absolute atomic E-state index is 0.172. The van der Waals surface area contributed by atoms with Crippen molar-refractivity contribution in [3.05, 3.63) is 58.1 Å². The van der Waals surface area contributed by atoms with Gasteiger partial charge in [0.15, 0.2) is 0 Å². The molecule has 2 aromatic rings. The van der Waals surface area contributed by atoms with Gasteiger partial charge in [-0.3, -0.25) is 4.79 Å². The molecule has 0 bridgehead atoms. The van der Waals surface area contributed by atoms with Crippen LogP contribution in [-0.4, -0.2) is 17.1 Å². The van der Waals surface area contributed by atoms with Crippen LogP contribution in [0.2, 0.25) is 10.0 Å². The molecule has 0 heterocycles. The summed E-state index contributed by atoms with van der Waals surface area (Å²) in [5, 5.41) is 12.8. The minimum atomic E-state index is -0.715. The van der Waals surface area contributed by atoms with Crippen LogP contribution in [0.3, 0.4) is 0 Å². The van der Waals surface area contributed by atoms with E-state index in [4.69, 9.17) is 28.9 Å². The topological polar surface area (TPSA) is 75.3 Å². The summed E-state index contributed by atoms with van der Waals surface area (Å²) in [7, 11) is 0. The van der Waals surface area contributed by atoms with E-state index in [0.717, 1.165) is 5.56 Å². The number of aromatic hydroxyl groups is 1. The Kier molecular flexibility index (Phi) is 5.07. The average Bonchev–Trinajstić information content (AvgIpc) is 2.40. The van der Waals surface area contributed by atoms with E-state index >= 15 is 0 Å². The molecule has 2 rings (SSSR count). The van der Waals surface area contributed by atoms with E-state index in [1.165, 1.54) is 0 Å². The number of nitrogens with one attached hydrogen (secondary N) is 1. The molecule has 1 amide bonds. The van der Waals surface area contributed by atoms with Crippen molar-refractivity contribution >= 4 is 34.8 Å². The number of phenolic OH excluding ortho intramolecular Hbond substituents is 1. The summed E-state index contributed by atoms with van der Waals surface area (Å²) < 4.78 is 0. The van der Waals surface area contributed by atoms with E-state index in [2.05, 4.69) is 5.32 Å². The molecule has 2 aromatic carbocycles. The molecule has 0 aliphatic heterocycles. The van der Waals surface area contributed by atoms with Crippen molar-refractivity contribution < 1.29 is 9.90 Å². The van der Waals surface area contributed by atoms with Crippen LogP contribution in [-0.2, 0) is 11.2 Å². The summed E-state index contributed by atoms with van der Waals surface area (Å²) in [6.45, 7) is 0. The van der Waals surface area contributed by atoms with Crippen LogP contribution in [0.1, 0.15) is 5.56 Å². The third-order valence-corrected chi connectivity index (χ3v) is 3.30. The van der Waals surface area contributed by atoms with Gasteiger partial charge in [0.2, 0.25) is 5.91 Å². The van der Waals surface area contributed by atoms with Gasteiger partial charge in [0, 0.05) is 15.7 Å². The van der Waals surface area contributed by atoms with E-state index in [9.17, 15) is 9.90 Å². The fraction of sp³-hybridized carbons (Fsp3) is 0.133. The lowest BCUT2D eigenvalue weighted by molar-refractivity contribution is -0.117. The predicted octanol–water partition coefficient (Wildman–Crippen LogP) is 3.21. The summed E-state index contributed by atoms with van der Waals surface area (Å²) in [6.07, 6.45) is 0.362. The van der Waals surface area contributed by atoms with Crippen molar-refractivity contribution in [2.75, 3.05) is 5.32 Å². The Balaban J connectivity index is 2.00. The maximum Gasteiger partial charge on any atom is 0.241 e. The quantitative estimate of drug-likeness (QED) is 0.808. The van der Waals surface area contributed by atoms with Crippen LogP contribution >= 0.6 is 23.2 Å². The summed E-state index contributed by atoms with van der Waals surface area (Å²) in [5.41, 5.74) is 7.23. The molecule has 0 saturated carbocycles. The fourth-order valence-electron chi connectivity index (χ4n) is 1.84. The number of carbonyl (C=O) groups is 1. The average molecular weight is 325 g/mol. The van der Waals surface area contributed by atoms with Crippen molar-refractivity contribution in [3.8, 4) is 5.75 Å². The van der Waals surface area contributed by atoms with Crippen LogP contribution in [0.15, 0.2) is 42.5 Å². The summed E-state index contributed by atoms with van der Waals surface area (Å²) in [5.74, 6) is -0.160. The highest BCUT2D eigenvalue weighted by Gasteiger charge is 2.14. The lowest BCUT2D eigenvalue weighted by Gasteiger charge is -2.13. The molecule has 0 aliphatic carbocycles. The molecule has 1 atom stereocenters. The molecule has 4 nitrogen and oxygen atoms in total. The van der Waals surface area contributed by atoms with Crippen LogP contribution in [0.4, 0.5) is 5.69 Å². The first kappa shape index (κ1) is 15.6. The first-order chi connectivity index (χ1) is 9.94. The highest BCUT2D eigenvalue weighted by Crippen LogP contribution is 2.22. The minimum Gasteiger partial charge on any atom is -0.508 e. The lowest BCUT2D eigenvalue weighted by Crippen LogP contribution is -2.37. The zero-order chi connectivity index (χ0) is 15.4. The first-order valence-electron chi connectivity index (χ1n) is 6.24. The Bertz CT molecular complexity index is 624. The van der Waals surface area contributed by atoms with E-state index in [1.807, 2.05) is 0 Å². The van der Waals surface area contributed by atoms with Crippen molar-refractivity contribution in [3.63, 3.8) is 0 Å². The Morgan fingerprint density at radius 2 is 1.71 bits per heavy atom. The molecule has 0 fully saturated rings. The Morgan fingerprint density at radius 3 is 2.29 bits per heavy atom. The Hall–Kier alpha value is -1.75. The van der Waals surface area contributed by atoms with Gasteiger partial charge < -0.3 is 16.2 Å². The van der Waals surface area contributed by atoms with Gasteiger partial charge in [0.1, 0.15) is 5.75 Å². The van der Waals surface area contributed by atoms with Gasteiger partial charge in [-0.2, -0.15) is 0 Å². The van der Waals surface area contributed by atoms with Crippen molar-refractivity contribution in [1.82, 2.24) is 0 Å². The number of anilines is 1. The maximum absolute atomic E-state index is 12.0. The van der Waals surface area contributed by atoms with Gasteiger partial charge in [-0.25, -0.2) is 0 Å². The van der Waals surface area contributed by atoms with Gasteiger partial charge in [-0.15, -0.1) is 0 Å². The molecule has 0 spiro atoms. The number of halogens is 2. The molecule has 110 valence electrons. The molecule has 0 radical (unpaired) electrons. The van der Waals surface area contributed by atoms with E-state index in [-0.39, 0.29) is 11.7 Å². The molecular formula is C15H14Cl2N2O2. The molecular weight excluding hydrogens is 311 g/mol. The van der Waals surface area contributed by atoms with Gasteiger partial charge >= 0.3 is 0 Å². The smallest absolute Gasteiger partial charge is 0.241 e. The second kappa shape index (κ2) is 6.80. The number of phenols is 1. The number of amides is 1. The Labute approximate surface area is 132 Å². The second-order valence-corrected chi connectivity index (χ2v) is 5.50. The van der Waals surface area contributed by atoms with Gasteiger partial charge in [0.25, 0.3) is 0 Å². The first-order valence-corrected chi connectivity index (χ1v) is 7.00. The van der Waals surface area contributed by atoms with E-state index < -0.39 is 6.04 Å². The molecule has 0 saturated heterocycles. The SMILES string of the molecule is N[C@@H](Cc1ccc(O)cc1)C(=O)Nc1cc(Cl)cc(Cl)c1. The largest absolute Gasteiger partial charge is 0.508 e. The second-order valence-electron chi connectivity index (χ2n) is 4.62. The summed E-state index contributed by atoms with van der Waals surface area (Å²) >= 11 is 11.7. The number of nitrogens with two attached hydrogens (primary N) is 1. The van der Waals surface area contributed by atoms with Crippen molar-refractivity contribution in [1.29, 1.82) is 0 Å². The Morgan fingerprint density at radius 1 is 1.14 bits per heavy atom. The standard InChI is InChI=1S/C15H14Cl2N2O2/c16-10-6-11(17)8-12(7-10)19-15(21)14(18)5-9-1-3-13(20)4-2-9/h1-4,6-8,14,20H,5,18H2,(H,19,21)/t14-/m0/s1. The van der Waals surface area contributed by atoms with Gasteiger partial charge in [-0.1, -0.05) is 35.3 Å². The molecule has 0 aromatic heterocycles. The molecule has 21 heavy (non-hydrogen) atoms. The van der Waals surface area contributed by atoms with Crippen LogP contribution in [0.25, 0.3) is 0 Å². The monoisotopic (exact) mass is 324 g/mol. The maximum atomic E-state index is 12.0.